The Morgan fingerprint density at radius 1 is 1.15 bits per heavy atom. The molecule has 2 heteroatoms. The summed E-state index contributed by atoms with van der Waals surface area (Å²) in [7, 11) is 1.73. The number of hydrogen-bond acceptors (Lipinski definition) is 2. The van der Waals surface area contributed by atoms with Crippen molar-refractivity contribution in [3.05, 3.63) is 41.0 Å². The van der Waals surface area contributed by atoms with E-state index in [4.69, 9.17) is 4.74 Å². The minimum absolute atomic E-state index is 0.353. The lowest BCUT2D eigenvalue weighted by atomic mass is 9.62. The van der Waals surface area contributed by atoms with Crippen LogP contribution < -0.4 is 4.74 Å². The van der Waals surface area contributed by atoms with Gasteiger partial charge in [0.2, 0.25) is 0 Å². The number of carbonyl (C=O) groups excluding carboxylic acids is 1. The predicted octanol–water partition coefficient (Wildman–Crippen LogP) is 3.65. The first-order chi connectivity index (χ1) is 9.76. The fourth-order valence-corrected chi connectivity index (χ4v) is 4.62. The van der Waals surface area contributed by atoms with E-state index < -0.39 is 0 Å². The monoisotopic (exact) mass is 268 g/mol. The van der Waals surface area contributed by atoms with Crippen molar-refractivity contribution < 1.29 is 9.53 Å². The maximum Gasteiger partial charge on any atom is 0.156 e. The maximum atomic E-state index is 11.7. The number of ketones is 1. The van der Waals surface area contributed by atoms with Gasteiger partial charge in [-0.2, -0.15) is 0 Å². The van der Waals surface area contributed by atoms with Crippen LogP contribution in [0.4, 0.5) is 0 Å². The number of methoxy groups -OCH3 is 1. The molecule has 3 aliphatic carbocycles. The van der Waals surface area contributed by atoms with E-state index in [2.05, 4.69) is 18.2 Å². The third kappa shape index (κ3) is 1.74. The maximum absolute atomic E-state index is 11.7. The van der Waals surface area contributed by atoms with Gasteiger partial charge in [0.05, 0.1) is 7.11 Å². The minimum atomic E-state index is 0.353. The van der Waals surface area contributed by atoms with E-state index in [9.17, 15) is 4.79 Å². The van der Waals surface area contributed by atoms with Crippen LogP contribution in [0.3, 0.4) is 0 Å². The van der Waals surface area contributed by atoms with Crippen molar-refractivity contribution in [1.82, 2.24) is 0 Å². The Bertz CT molecular complexity index is 599. The van der Waals surface area contributed by atoms with Gasteiger partial charge in [0.25, 0.3) is 0 Å². The van der Waals surface area contributed by atoms with Gasteiger partial charge in [0.1, 0.15) is 5.75 Å². The Balaban J connectivity index is 1.69. The fourth-order valence-electron chi connectivity index (χ4n) is 4.62. The lowest BCUT2D eigenvalue weighted by Crippen LogP contribution is -2.31. The summed E-state index contributed by atoms with van der Waals surface area (Å²) in [5, 5.41) is 0. The third-order valence-corrected chi connectivity index (χ3v) is 5.52. The first-order valence-electron chi connectivity index (χ1n) is 7.66. The second kappa shape index (κ2) is 4.47. The van der Waals surface area contributed by atoms with E-state index >= 15 is 0 Å². The largest absolute Gasteiger partial charge is 0.497 e. The summed E-state index contributed by atoms with van der Waals surface area (Å²) in [6.07, 6.45) is 7.38. The van der Waals surface area contributed by atoms with Crippen molar-refractivity contribution in [3.8, 4) is 5.75 Å². The van der Waals surface area contributed by atoms with Crippen LogP contribution in [0, 0.1) is 11.8 Å². The first-order valence-corrected chi connectivity index (χ1v) is 7.66. The van der Waals surface area contributed by atoms with E-state index in [1.807, 2.05) is 6.08 Å². The molecule has 1 saturated carbocycles. The smallest absolute Gasteiger partial charge is 0.156 e. The molecule has 1 aromatic carbocycles. The molecule has 3 aliphatic rings. The number of ether oxygens (including phenoxy) is 1. The summed E-state index contributed by atoms with van der Waals surface area (Å²) in [6, 6.07) is 6.56. The zero-order valence-corrected chi connectivity index (χ0v) is 11.9. The molecule has 0 unspecified atom stereocenters. The van der Waals surface area contributed by atoms with Gasteiger partial charge in [-0.15, -0.1) is 0 Å². The van der Waals surface area contributed by atoms with Gasteiger partial charge in [-0.3, -0.25) is 4.79 Å². The van der Waals surface area contributed by atoms with Crippen LogP contribution in [0.25, 0.3) is 0 Å². The van der Waals surface area contributed by atoms with Crippen LogP contribution in [0.15, 0.2) is 29.8 Å². The highest BCUT2D eigenvalue weighted by Gasteiger charge is 2.42. The van der Waals surface area contributed by atoms with Crippen LogP contribution in [0.5, 0.6) is 5.75 Å². The number of fused-ring (bicyclic) bond motifs is 5. The molecule has 0 saturated heterocycles. The molecule has 0 bridgehead atoms. The topological polar surface area (TPSA) is 26.3 Å². The Kier molecular flexibility index (Phi) is 2.73. The zero-order valence-electron chi connectivity index (χ0n) is 11.9. The molecule has 1 aromatic rings. The molecule has 0 amide bonds. The van der Waals surface area contributed by atoms with Crippen LogP contribution in [-0.2, 0) is 11.2 Å². The van der Waals surface area contributed by atoms with Crippen molar-refractivity contribution in [2.75, 3.05) is 7.11 Å². The van der Waals surface area contributed by atoms with E-state index in [0.717, 1.165) is 25.0 Å². The number of hydrogen-bond donors (Lipinski definition) is 0. The SMILES string of the molecule is COc1ccc2c(c1)CC[C@H]1[C@@H]3CC(=O)C=C3CC[C@H]21. The first kappa shape index (κ1) is 12.2. The molecule has 1 fully saturated rings. The van der Waals surface area contributed by atoms with Crippen LogP contribution >= 0.6 is 0 Å². The summed E-state index contributed by atoms with van der Waals surface area (Å²) in [5.41, 5.74) is 4.41. The highest BCUT2D eigenvalue weighted by Crippen LogP contribution is 2.52. The Morgan fingerprint density at radius 2 is 2.05 bits per heavy atom. The quantitative estimate of drug-likeness (QED) is 0.777. The number of benzene rings is 1. The van der Waals surface area contributed by atoms with Crippen molar-refractivity contribution in [1.29, 1.82) is 0 Å². The van der Waals surface area contributed by atoms with Crippen molar-refractivity contribution in [2.24, 2.45) is 11.8 Å². The Labute approximate surface area is 119 Å². The molecule has 0 aliphatic heterocycles. The molecule has 3 atom stereocenters. The number of allylic oxidation sites excluding steroid dienone is 2. The molecular weight excluding hydrogens is 248 g/mol. The molecule has 0 aromatic heterocycles. The van der Waals surface area contributed by atoms with Gasteiger partial charge in [-0.1, -0.05) is 11.6 Å². The van der Waals surface area contributed by atoms with Gasteiger partial charge in [0, 0.05) is 6.42 Å². The zero-order chi connectivity index (χ0) is 13.7. The molecule has 4 rings (SSSR count). The molecule has 0 N–H and O–H groups in total. The third-order valence-electron chi connectivity index (χ3n) is 5.52. The van der Waals surface area contributed by atoms with Crippen LogP contribution in [0.2, 0.25) is 0 Å². The average Bonchev–Trinajstić information content (AvgIpc) is 2.86. The van der Waals surface area contributed by atoms with Crippen molar-refractivity contribution in [2.45, 2.75) is 38.0 Å². The standard InChI is InChI=1S/C18H20O2/c1-20-14-4-7-15-12(9-14)3-6-17-16(15)5-2-11-8-13(19)10-18(11)17/h4,7-9,16-18H,2-3,5-6,10H2,1H3/t16-,17-,18-/m1/s1. The van der Waals surface area contributed by atoms with E-state index in [0.29, 0.717) is 23.5 Å². The highest BCUT2D eigenvalue weighted by molar-refractivity contribution is 5.93. The van der Waals surface area contributed by atoms with Crippen LogP contribution in [0.1, 0.15) is 42.7 Å². The van der Waals surface area contributed by atoms with Crippen molar-refractivity contribution in [3.63, 3.8) is 0 Å². The molecule has 0 spiro atoms. The molecule has 20 heavy (non-hydrogen) atoms. The van der Waals surface area contributed by atoms with Gasteiger partial charge in [-0.25, -0.2) is 0 Å². The molecule has 104 valence electrons. The highest BCUT2D eigenvalue weighted by atomic mass is 16.5. The number of aryl methyl sites for hydroxylation is 1. The number of carbonyl (C=O) groups is 1. The minimum Gasteiger partial charge on any atom is -0.497 e. The lowest BCUT2D eigenvalue weighted by Gasteiger charge is -2.42. The van der Waals surface area contributed by atoms with Crippen molar-refractivity contribution >= 4 is 5.78 Å². The summed E-state index contributed by atoms with van der Waals surface area (Å²) in [6.45, 7) is 0. The summed E-state index contributed by atoms with van der Waals surface area (Å²) in [4.78, 5) is 11.7. The van der Waals surface area contributed by atoms with Gasteiger partial charge in [-0.05, 0) is 72.8 Å². The summed E-state index contributed by atoms with van der Waals surface area (Å²) in [5.74, 6) is 3.19. The fraction of sp³-hybridized carbons (Fsp3) is 0.500. The summed E-state index contributed by atoms with van der Waals surface area (Å²) < 4.78 is 5.35. The van der Waals surface area contributed by atoms with E-state index in [1.165, 1.54) is 29.5 Å². The average molecular weight is 268 g/mol. The second-order valence-corrected chi connectivity index (χ2v) is 6.41. The lowest BCUT2D eigenvalue weighted by molar-refractivity contribution is -0.114. The van der Waals surface area contributed by atoms with Crippen LogP contribution in [-0.4, -0.2) is 12.9 Å². The Hall–Kier alpha value is -1.57. The number of rotatable bonds is 1. The molecular formula is C18H20O2. The van der Waals surface area contributed by atoms with Gasteiger partial charge < -0.3 is 4.74 Å². The summed E-state index contributed by atoms with van der Waals surface area (Å²) >= 11 is 0. The normalized spacial score (nSPS) is 31.1. The van der Waals surface area contributed by atoms with E-state index in [1.54, 1.807) is 7.11 Å². The predicted molar refractivity (Wildman–Crippen MR) is 78.0 cm³/mol. The van der Waals surface area contributed by atoms with Gasteiger partial charge >= 0.3 is 0 Å². The van der Waals surface area contributed by atoms with E-state index in [-0.39, 0.29) is 0 Å². The second-order valence-electron chi connectivity index (χ2n) is 6.41. The Morgan fingerprint density at radius 3 is 2.90 bits per heavy atom. The molecule has 2 nitrogen and oxygen atoms in total. The molecule has 0 heterocycles. The van der Waals surface area contributed by atoms with Gasteiger partial charge in [0.15, 0.2) is 5.78 Å². The molecule has 0 radical (unpaired) electrons.